The molecular weight excluding hydrogens is 270 g/mol. The maximum Gasteiger partial charge on any atom is 0.272 e. The van der Waals surface area contributed by atoms with Crippen LogP contribution in [0.3, 0.4) is 0 Å². The Kier molecular flexibility index (Phi) is 3.96. The van der Waals surface area contributed by atoms with Gasteiger partial charge < -0.3 is 10.1 Å². The summed E-state index contributed by atoms with van der Waals surface area (Å²) in [6.45, 7) is 2.10. The molecule has 21 heavy (non-hydrogen) atoms. The molecule has 1 atom stereocenters. The summed E-state index contributed by atoms with van der Waals surface area (Å²) in [6.07, 6.45) is 1.14. The molecule has 0 radical (unpaired) electrons. The number of aromatic amines is 1. The van der Waals surface area contributed by atoms with E-state index in [9.17, 15) is 9.59 Å². The Balaban J connectivity index is 1.71. The smallest absolute Gasteiger partial charge is 0.272 e. The van der Waals surface area contributed by atoms with Crippen LogP contribution in [0.2, 0.25) is 0 Å². The minimum Gasteiger partial charge on any atom is -0.381 e. The normalized spacial score (nSPS) is 18.0. The number of hydrogen-bond donors (Lipinski definition) is 2. The number of fused-ring (bicyclic) bond motifs is 1. The molecule has 0 unspecified atom stereocenters. The molecule has 1 aliphatic rings. The van der Waals surface area contributed by atoms with Crippen LogP contribution < -0.4 is 10.9 Å². The largest absolute Gasteiger partial charge is 0.381 e. The summed E-state index contributed by atoms with van der Waals surface area (Å²) in [6, 6.07) is 7.17. The van der Waals surface area contributed by atoms with Crippen molar-refractivity contribution in [3.63, 3.8) is 0 Å². The van der Waals surface area contributed by atoms with Gasteiger partial charge in [0.2, 0.25) is 5.91 Å². The van der Waals surface area contributed by atoms with Crippen molar-refractivity contribution < 1.29 is 9.53 Å². The molecule has 1 amide bonds. The average molecular weight is 287 g/mol. The van der Waals surface area contributed by atoms with Crippen LogP contribution in [-0.4, -0.2) is 35.9 Å². The van der Waals surface area contributed by atoms with Crippen LogP contribution in [0.5, 0.6) is 0 Å². The number of benzene rings is 1. The predicted molar refractivity (Wildman–Crippen MR) is 78.0 cm³/mol. The third kappa shape index (κ3) is 3.11. The van der Waals surface area contributed by atoms with Crippen molar-refractivity contribution in [3.8, 4) is 0 Å². The third-order valence-corrected chi connectivity index (χ3v) is 3.71. The summed E-state index contributed by atoms with van der Waals surface area (Å²) in [5, 5.41) is 10.6. The number of nitrogens with one attached hydrogen (secondary N) is 2. The minimum atomic E-state index is -0.238. The van der Waals surface area contributed by atoms with Crippen molar-refractivity contribution in [3.05, 3.63) is 40.3 Å². The molecule has 0 saturated carbocycles. The quantitative estimate of drug-likeness (QED) is 0.863. The van der Waals surface area contributed by atoms with Crippen LogP contribution in [0.15, 0.2) is 29.1 Å². The molecule has 6 nitrogen and oxygen atoms in total. The van der Waals surface area contributed by atoms with Gasteiger partial charge in [-0.25, -0.2) is 5.10 Å². The van der Waals surface area contributed by atoms with E-state index in [-0.39, 0.29) is 17.9 Å². The first kappa shape index (κ1) is 13.8. The molecule has 2 heterocycles. The van der Waals surface area contributed by atoms with Gasteiger partial charge in [-0.1, -0.05) is 18.2 Å². The number of aromatic nitrogens is 2. The number of carbonyl (C=O) groups is 1. The highest BCUT2D eigenvalue weighted by Gasteiger charge is 2.17. The van der Waals surface area contributed by atoms with Gasteiger partial charge in [0, 0.05) is 24.5 Å². The lowest BCUT2D eigenvalue weighted by Gasteiger charge is -2.10. The van der Waals surface area contributed by atoms with Crippen LogP contribution in [0.4, 0.5) is 0 Å². The SMILES string of the molecule is O=C(Cc1n[nH]c(=O)c2ccccc12)NC[C@H]1CCOC1. The fourth-order valence-corrected chi connectivity index (χ4v) is 2.52. The van der Waals surface area contributed by atoms with E-state index in [1.165, 1.54) is 0 Å². The molecule has 1 aromatic heterocycles. The molecule has 6 heteroatoms. The lowest BCUT2D eigenvalue weighted by Crippen LogP contribution is -2.31. The summed E-state index contributed by atoms with van der Waals surface area (Å²) in [7, 11) is 0. The van der Waals surface area contributed by atoms with Crippen molar-refractivity contribution in [2.24, 2.45) is 5.92 Å². The van der Waals surface area contributed by atoms with Crippen molar-refractivity contribution in [2.45, 2.75) is 12.8 Å². The number of hydrogen-bond acceptors (Lipinski definition) is 4. The molecular formula is C15H17N3O3. The number of rotatable bonds is 4. The highest BCUT2D eigenvalue weighted by molar-refractivity contribution is 5.88. The van der Waals surface area contributed by atoms with Crippen LogP contribution >= 0.6 is 0 Å². The summed E-state index contributed by atoms with van der Waals surface area (Å²) < 4.78 is 5.28. The van der Waals surface area contributed by atoms with Gasteiger partial charge in [0.25, 0.3) is 5.56 Å². The van der Waals surface area contributed by atoms with Crippen LogP contribution in [0.1, 0.15) is 12.1 Å². The van der Waals surface area contributed by atoms with E-state index in [0.29, 0.717) is 30.1 Å². The summed E-state index contributed by atoms with van der Waals surface area (Å²) in [5.41, 5.74) is 0.350. The fraction of sp³-hybridized carbons (Fsp3) is 0.400. The number of nitrogens with zero attached hydrogens (tertiary/aromatic N) is 1. The molecule has 3 rings (SSSR count). The zero-order valence-electron chi connectivity index (χ0n) is 11.6. The van der Waals surface area contributed by atoms with Gasteiger partial charge in [-0.15, -0.1) is 0 Å². The van der Waals surface area contributed by atoms with Gasteiger partial charge in [0.15, 0.2) is 0 Å². The molecule has 110 valence electrons. The molecule has 2 N–H and O–H groups in total. The van der Waals surface area contributed by atoms with E-state index < -0.39 is 0 Å². The average Bonchev–Trinajstić information content (AvgIpc) is 3.02. The van der Waals surface area contributed by atoms with Gasteiger partial charge in [-0.05, 0) is 12.5 Å². The Morgan fingerprint density at radius 3 is 2.95 bits per heavy atom. The Hall–Kier alpha value is -2.21. The third-order valence-electron chi connectivity index (χ3n) is 3.71. The van der Waals surface area contributed by atoms with Gasteiger partial charge in [-0.2, -0.15) is 5.10 Å². The predicted octanol–water partition coefficient (Wildman–Crippen LogP) is 0.618. The van der Waals surface area contributed by atoms with E-state index in [1.54, 1.807) is 12.1 Å². The minimum absolute atomic E-state index is 0.0911. The highest BCUT2D eigenvalue weighted by Crippen LogP contribution is 2.13. The second-order valence-corrected chi connectivity index (χ2v) is 5.26. The second-order valence-electron chi connectivity index (χ2n) is 5.26. The number of ether oxygens (including phenoxy) is 1. The Bertz CT molecular complexity index is 705. The van der Waals surface area contributed by atoms with Crippen LogP contribution in [0.25, 0.3) is 10.8 Å². The summed E-state index contributed by atoms with van der Waals surface area (Å²) in [5.74, 6) is 0.306. The molecule has 0 spiro atoms. The first-order valence-electron chi connectivity index (χ1n) is 7.05. The first-order chi connectivity index (χ1) is 10.2. The topological polar surface area (TPSA) is 84.1 Å². The van der Waals surface area contributed by atoms with Gasteiger partial charge >= 0.3 is 0 Å². The van der Waals surface area contributed by atoms with Crippen molar-refractivity contribution in [1.82, 2.24) is 15.5 Å². The highest BCUT2D eigenvalue weighted by atomic mass is 16.5. The molecule has 1 fully saturated rings. The van der Waals surface area contributed by atoms with Gasteiger partial charge in [0.05, 0.1) is 24.1 Å². The summed E-state index contributed by atoms with van der Waals surface area (Å²) in [4.78, 5) is 23.7. The first-order valence-corrected chi connectivity index (χ1v) is 7.05. The van der Waals surface area contributed by atoms with E-state index in [0.717, 1.165) is 18.4 Å². The van der Waals surface area contributed by atoms with E-state index in [4.69, 9.17) is 4.74 Å². The van der Waals surface area contributed by atoms with Gasteiger partial charge in [-0.3, -0.25) is 9.59 Å². The molecule has 0 aliphatic carbocycles. The molecule has 1 saturated heterocycles. The van der Waals surface area contributed by atoms with Crippen LogP contribution in [0, 0.1) is 5.92 Å². The second kappa shape index (κ2) is 6.05. The standard InChI is InChI=1S/C15H17N3O3/c19-14(16-8-10-5-6-21-9-10)7-13-11-3-1-2-4-12(11)15(20)18-17-13/h1-4,10H,5-9H2,(H,16,19)(H,18,20)/t10-/m1/s1. The molecule has 0 bridgehead atoms. The fourth-order valence-electron chi connectivity index (χ4n) is 2.52. The number of H-pyrrole nitrogens is 1. The molecule has 1 aliphatic heterocycles. The maximum atomic E-state index is 12.0. The Labute approximate surface area is 121 Å². The number of amides is 1. The molecule has 1 aromatic carbocycles. The Morgan fingerprint density at radius 1 is 1.38 bits per heavy atom. The zero-order chi connectivity index (χ0) is 14.7. The van der Waals surface area contributed by atoms with Crippen molar-refractivity contribution >= 4 is 16.7 Å². The Morgan fingerprint density at radius 2 is 2.19 bits per heavy atom. The lowest BCUT2D eigenvalue weighted by molar-refractivity contribution is -0.120. The summed E-state index contributed by atoms with van der Waals surface area (Å²) >= 11 is 0. The number of carbonyl (C=O) groups excluding carboxylic acids is 1. The van der Waals surface area contributed by atoms with Crippen LogP contribution in [-0.2, 0) is 16.0 Å². The zero-order valence-corrected chi connectivity index (χ0v) is 11.6. The molecule has 2 aromatic rings. The van der Waals surface area contributed by atoms with Gasteiger partial charge in [0.1, 0.15) is 0 Å². The van der Waals surface area contributed by atoms with E-state index in [2.05, 4.69) is 15.5 Å². The maximum absolute atomic E-state index is 12.0. The van der Waals surface area contributed by atoms with Crippen molar-refractivity contribution in [1.29, 1.82) is 0 Å². The monoisotopic (exact) mass is 287 g/mol. The lowest BCUT2D eigenvalue weighted by atomic mass is 10.1. The van der Waals surface area contributed by atoms with E-state index in [1.807, 2.05) is 12.1 Å². The van der Waals surface area contributed by atoms with E-state index >= 15 is 0 Å². The van der Waals surface area contributed by atoms with Crippen molar-refractivity contribution in [2.75, 3.05) is 19.8 Å².